The first-order chi connectivity index (χ1) is 13.5. The van der Waals surface area contributed by atoms with Gasteiger partial charge in [-0.2, -0.15) is 0 Å². The topological polar surface area (TPSA) is 55.8 Å². The van der Waals surface area contributed by atoms with E-state index < -0.39 is 5.92 Å². The zero-order chi connectivity index (χ0) is 20.4. The molecule has 0 aliphatic rings. The van der Waals surface area contributed by atoms with Crippen molar-refractivity contribution in [1.29, 1.82) is 0 Å². The van der Waals surface area contributed by atoms with Gasteiger partial charge in [0.25, 0.3) is 5.91 Å². The number of methoxy groups -OCH3 is 1. The van der Waals surface area contributed by atoms with E-state index in [1.54, 1.807) is 11.8 Å². The number of hydrogen-bond acceptors (Lipinski definition) is 4. The molecule has 2 aromatic carbocycles. The fourth-order valence-corrected chi connectivity index (χ4v) is 2.92. The molecule has 0 N–H and O–H groups in total. The normalized spacial score (nSPS) is 11.5. The first kappa shape index (κ1) is 21.5. The Hall–Kier alpha value is -2.82. The highest BCUT2D eigenvalue weighted by atomic mass is 16.5. The van der Waals surface area contributed by atoms with E-state index in [-0.39, 0.29) is 18.5 Å². The summed E-state index contributed by atoms with van der Waals surface area (Å²) in [5, 5.41) is 0. The molecule has 0 heterocycles. The van der Waals surface area contributed by atoms with Crippen molar-refractivity contribution in [3.63, 3.8) is 0 Å². The van der Waals surface area contributed by atoms with Gasteiger partial charge in [-0.15, -0.1) is 0 Å². The van der Waals surface area contributed by atoms with Gasteiger partial charge in [0.05, 0.1) is 13.0 Å². The second kappa shape index (κ2) is 11.1. The molecule has 2 aromatic rings. The number of benzene rings is 2. The van der Waals surface area contributed by atoms with Crippen molar-refractivity contribution in [3.05, 3.63) is 65.7 Å². The van der Waals surface area contributed by atoms with Crippen molar-refractivity contribution in [2.45, 2.75) is 26.7 Å². The fourth-order valence-electron chi connectivity index (χ4n) is 2.92. The molecule has 0 aliphatic carbocycles. The molecule has 0 aromatic heterocycles. The third-order valence-electron chi connectivity index (χ3n) is 4.63. The van der Waals surface area contributed by atoms with E-state index in [4.69, 9.17) is 9.47 Å². The highest BCUT2D eigenvalue weighted by molar-refractivity contribution is 5.79. The maximum Gasteiger partial charge on any atom is 0.310 e. The molecule has 0 saturated heterocycles. The van der Waals surface area contributed by atoms with Gasteiger partial charge in [0.2, 0.25) is 0 Å². The second-order valence-corrected chi connectivity index (χ2v) is 6.79. The van der Waals surface area contributed by atoms with Crippen molar-refractivity contribution in [2.75, 3.05) is 26.8 Å². The average Bonchev–Trinajstić information content (AvgIpc) is 2.74. The Labute approximate surface area is 167 Å². The lowest BCUT2D eigenvalue weighted by atomic mass is 10.1. The lowest BCUT2D eigenvalue weighted by Gasteiger charge is -2.25. The summed E-state index contributed by atoms with van der Waals surface area (Å²) in [5.41, 5.74) is 2.30. The Kier molecular flexibility index (Phi) is 8.53. The monoisotopic (exact) mass is 383 g/mol. The second-order valence-electron chi connectivity index (χ2n) is 6.79. The summed E-state index contributed by atoms with van der Waals surface area (Å²) in [7, 11) is 1.36. The lowest BCUT2D eigenvalue weighted by Crippen LogP contribution is -2.41. The number of nitrogens with zero attached hydrogens (tertiary/aromatic N) is 1. The molecule has 0 spiro atoms. The van der Waals surface area contributed by atoms with Crippen molar-refractivity contribution >= 4 is 11.9 Å². The third kappa shape index (κ3) is 6.72. The summed E-state index contributed by atoms with van der Waals surface area (Å²) in [6, 6.07) is 17.7. The van der Waals surface area contributed by atoms with Gasteiger partial charge < -0.3 is 14.4 Å². The SMILES string of the molecule is CCc1cccc(OCC(=O)N(CCc2ccccc2)CC(C)C(=O)OC)c1. The van der Waals surface area contributed by atoms with Crippen LogP contribution < -0.4 is 4.74 Å². The summed E-state index contributed by atoms with van der Waals surface area (Å²) >= 11 is 0. The van der Waals surface area contributed by atoms with Gasteiger partial charge in [-0.3, -0.25) is 9.59 Å². The highest BCUT2D eigenvalue weighted by Crippen LogP contribution is 2.14. The molecule has 0 bridgehead atoms. The van der Waals surface area contributed by atoms with E-state index in [2.05, 4.69) is 6.92 Å². The van der Waals surface area contributed by atoms with E-state index >= 15 is 0 Å². The fraction of sp³-hybridized carbons (Fsp3) is 0.391. The van der Waals surface area contributed by atoms with Crippen molar-refractivity contribution < 1.29 is 19.1 Å². The Morgan fingerprint density at radius 1 is 1.04 bits per heavy atom. The predicted molar refractivity (Wildman–Crippen MR) is 109 cm³/mol. The number of aryl methyl sites for hydroxylation is 1. The molecule has 0 radical (unpaired) electrons. The van der Waals surface area contributed by atoms with Crippen LogP contribution in [0, 0.1) is 5.92 Å². The number of amides is 1. The number of rotatable bonds is 10. The van der Waals surface area contributed by atoms with Crippen LogP contribution in [0.15, 0.2) is 54.6 Å². The lowest BCUT2D eigenvalue weighted by molar-refractivity contribution is -0.146. The quantitative estimate of drug-likeness (QED) is 0.589. The summed E-state index contributed by atoms with van der Waals surface area (Å²) < 4.78 is 10.5. The minimum absolute atomic E-state index is 0.0597. The molecule has 0 aliphatic heterocycles. The van der Waals surface area contributed by atoms with Crippen LogP contribution in [-0.2, 0) is 27.2 Å². The minimum atomic E-state index is -0.395. The molecule has 0 saturated carbocycles. The number of carbonyl (C=O) groups is 2. The molecular weight excluding hydrogens is 354 g/mol. The van der Waals surface area contributed by atoms with Gasteiger partial charge in [0, 0.05) is 13.1 Å². The maximum atomic E-state index is 12.8. The number of carbonyl (C=O) groups excluding carboxylic acids is 2. The van der Waals surface area contributed by atoms with Crippen LogP contribution in [0.5, 0.6) is 5.75 Å². The van der Waals surface area contributed by atoms with Crippen LogP contribution in [0.1, 0.15) is 25.0 Å². The molecule has 28 heavy (non-hydrogen) atoms. The predicted octanol–water partition coefficient (Wildman–Crippen LogP) is 3.51. The smallest absolute Gasteiger partial charge is 0.310 e. The summed E-state index contributed by atoms with van der Waals surface area (Å²) in [6.45, 7) is 4.60. The van der Waals surface area contributed by atoms with E-state index in [9.17, 15) is 9.59 Å². The molecule has 150 valence electrons. The zero-order valence-electron chi connectivity index (χ0n) is 16.9. The number of hydrogen-bond donors (Lipinski definition) is 0. The molecule has 2 rings (SSSR count). The van der Waals surface area contributed by atoms with Gasteiger partial charge in [-0.25, -0.2) is 0 Å². The van der Waals surface area contributed by atoms with Crippen molar-refractivity contribution in [2.24, 2.45) is 5.92 Å². The van der Waals surface area contributed by atoms with Crippen molar-refractivity contribution in [3.8, 4) is 5.75 Å². The van der Waals surface area contributed by atoms with E-state index in [1.807, 2.05) is 54.6 Å². The van der Waals surface area contributed by atoms with Crippen LogP contribution in [-0.4, -0.2) is 43.6 Å². The summed E-state index contributed by atoms with van der Waals surface area (Å²) in [6.07, 6.45) is 1.62. The molecular formula is C23H29NO4. The number of esters is 1. The van der Waals surface area contributed by atoms with Crippen LogP contribution in [0.2, 0.25) is 0 Å². The first-order valence-electron chi connectivity index (χ1n) is 9.64. The zero-order valence-corrected chi connectivity index (χ0v) is 16.9. The van der Waals surface area contributed by atoms with E-state index in [1.165, 1.54) is 7.11 Å². The van der Waals surface area contributed by atoms with Gasteiger partial charge in [-0.05, 0) is 36.1 Å². The Balaban J connectivity index is 2.00. The molecule has 1 amide bonds. The van der Waals surface area contributed by atoms with Crippen LogP contribution >= 0.6 is 0 Å². The van der Waals surface area contributed by atoms with Crippen LogP contribution in [0.25, 0.3) is 0 Å². The molecule has 0 fully saturated rings. The Morgan fingerprint density at radius 3 is 2.43 bits per heavy atom. The summed E-state index contributed by atoms with van der Waals surface area (Å²) in [5.74, 6) is -0.187. The van der Waals surface area contributed by atoms with Crippen LogP contribution in [0.4, 0.5) is 0 Å². The molecule has 5 nitrogen and oxygen atoms in total. The third-order valence-corrected chi connectivity index (χ3v) is 4.63. The standard InChI is InChI=1S/C23H29NO4/c1-4-19-11-8-12-21(15-19)28-17-22(25)24(16-18(2)23(26)27-3)14-13-20-9-6-5-7-10-20/h5-12,15,18H,4,13-14,16-17H2,1-3H3. The van der Waals surface area contributed by atoms with Crippen molar-refractivity contribution in [1.82, 2.24) is 4.90 Å². The van der Waals surface area contributed by atoms with Gasteiger partial charge >= 0.3 is 5.97 Å². The largest absolute Gasteiger partial charge is 0.484 e. The van der Waals surface area contributed by atoms with E-state index in [0.717, 1.165) is 17.5 Å². The first-order valence-corrected chi connectivity index (χ1v) is 9.64. The molecule has 1 atom stereocenters. The van der Waals surface area contributed by atoms with Gasteiger partial charge in [-0.1, -0.05) is 56.3 Å². The molecule has 5 heteroatoms. The minimum Gasteiger partial charge on any atom is -0.484 e. The maximum absolute atomic E-state index is 12.8. The summed E-state index contributed by atoms with van der Waals surface area (Å²) in [4.78, 5) is 26.3. The van der Waals surface area contributed by atoms with E-state index in [0.29, 0.717) is 25.3 Å². The average molecular weight is 383 g/mol. The van der Waals surface area contributed by atoms with Crippen LogP contribution in [0.3, 0.4) is 0 Å². The molecule has 1 unspecified atom stereocenters. The Morgan fingerprint density at radius 2 is 1.75 bits per heavy atom. The van der Waals surface area contributed by atoms with Gasteiger partial charge in [0.1, 0.15) is 5.75 Å². The Bertz CT molecular complexity index is 760. The number of ether oxygens (including phenoxy) is 2. The van der Waals surface area contributed by atoms with Gasteiger partial charge in [0.15, 0.2) is 6.61 Å². The highest BCUT2D eigenvalue weighted by Gasteiger charge is 2.22.